The van der Waals surface area contributed by atoms with Crippen LogP contribution in [0.25, 0.3) is 0 Å². The van der Waals surface area contributed by atoms with Gasteiger partial charge in [-0.2, -0.15) is 0 Å². The lowest BCUT2D eigenvalue weighted by atomic mass is 10.3. The van der Waals surface area contributed by atoms with E-state index in [4.69, 9.17) is 9.47 Å². The van der Waals surface area contributed by atoms with Crippen molar-refractivity contribution in [3.63, 3.8) is 0 Å². The first-order valence-electron chi connectivity index (χ1n) is 9.30. The van der Waals surface area contributed by atoms with Gasteiger partial charge in [-0.15, -0.1) is 0 Å². The van der Waals surface area contributed by atoms with E-state index in [0.717, 1.165) is 0 Å². The minimum Gasteiger partial charge on any atom is -0.494 e. The Hall–Kier alpha value is -3.52. The highest BCUT2D eigenvalue weighted by Gasteiger charge is 2.14. The quantitative estimate of drug-likeness (QED) is 0.541. The number of hydrogen-bond donors (Lipinski definition) is 2. The van der Waals surface area contributed by atoms with Gasteiger partial charge < -0.3 is 14.8 Å². The molecule has 0 aliphatic rings. The molecular weight excluding hydrogens is 404 g/mol. The van der Waals surface area contributed by atoms with Crippen LogP contribution in [0.2, 0.25) is 0 Å². The van der Waals surface area contributed by atoms with Crippen LogP contribution in [0.5, 0.6) is 11.5 Å². The van der Waals surface area contributed by atoms with Crippen molar-refractivity contribution in [2.24, 2.45) is 0 Å². The lowest BCUT2D eigenvalue weighted by Gasteiger charge is -2.10. The maximum absolute atomic E-state index is 12.5. The summed E-state index contributed by atoms with van der Waals surface area (Å²) in [6.07, 6.45) is 0. The molecule has 3 rings (SSSR count). The van der Waals surface area contributed by atoms with Gasteiger partial charge in [0.2, 0.25) is 0 Å². The molecule has 0 bridgehead atoms. The van der Waals surface area contributed by atoms with Crippen molar-refractivity contribution in [1.82, 2.24) is 0 Å². The first kappa shape index (κ1) is 21.2. The van der Waals surface area contributed by atoms with Crippen molar-refractivity contribution in [3.05, 3.63) is 78.9 Å². The predicted molar refractivity (Wildman–Crippen MR) is 115 cm³/mol. The third-order valence-corrected chi connectivity index (χ3v) is 5.38. The molecule has 3 aromatic carbocycles. The number of sulfonamides is 1. The van der Waals surface area contributed by atoms with Gasteiger partial charge in [-0.3, -0.25) is 9.52 Å². The van der Waals surface area contributed by atoms with Crippen LogP contribution in [-0.4, -0.2) is 27.5 Å². The van der Waals surface area contributed by atoms with Crippen LogP contribution in [0.15, 0.2) is 83.8 Å². The van der Waals surface area contributed by atoms with Gasteiger partial charge in [-0.05, 0) is 67.6 Å². The summed E-state index contributed by atoms with van der Waals surface area (Å²) in [5.74, 6) is 0.742. The molecule has 0 saturated heterocycles. The van der Waals surface area contributed by atoms with E-state index in [1.165, 1.54) is 24.3 Å². The molecule has 0 atom stereocenters. The summed E-state index contributed by atoms with van der Waals surface area (Å²) >= 11 is 0. The average molecular weight is 426 g/mol. The van der Waals surface area contributed by atoms with Crippen LogP contribution in [0.4, 0.5) is 11.4 Å². The summed E-state index contributed by atoms with van der Waals surface area (Å²) in [5.41, 5.74) is 1.10. The molecule has 0 radical (unpaired) electrons. The number of hydrogen-bond acceptors (Lipinski definition) is 5. The number of ether oxygens (including phenoxy) is 2. The SMILES string of the molecule is CCOc1ccc(NS(=O)(=O)c2ccc(OCC(=O)Nc3ccccc3)cc2)cc1. The number of benzene rings is 3. The summed E-state index contributed by atoms with van der Waals surface area (Å²) in [7, 11) is -3.75. The van der Waals surface area contributed by atoms with Gasteiger partial charge in [0.25, 0.3) is 15.9 Å². The topological polar surface area (TPSA) is 93.7 Å². The zero-order valence-electron chi connectivity index (χ0n) is 16.4. The Morgan fingerprint density at radius 3 is 2.03 bits per heavy atom. The van der Waals surface area contributed by atoms with Crippen molar-refractivity contribution in [3.8, 4) is 11.5 Å². The van der Waals surface area contributed by atoms with Crippen molar-refractivity contribution < 1.29 is 22.7 Å². The van der Waals surface area contributed by atoms with Crippen LogP contribution in [0.3, 0.4) is 0 Å². The molecule has 0 fully saturated rings. The molecule has 2 N–H and O–H groups in total. The molecule has 1 amide bonds. The molecule has 0 spiro atoms. The maximum atomic E-state index is 12.5. The summed E-state index contributed by atoms with van der Waals surface area (Å²) in [6, 6.07) is 21.5. The Morgan fingerprint density at radius 1 is 0.800 bits per heavy atom. The van der Waals surface area contributed by atoms with Crippen molar-refractivity contribution in [2.75, 3.05) is 23.3 Å². The van der Waals surface area contributed by atoms with E-state index >= 15 is 0 Å². The maximum Gasteiger partial charge on any atom is 0.262 e. The van der Waals surface area contributed by atoms with Crippen LogP contribution < -0.4 is 19.5 Å². The molecule has 3 aromatic rings. The van der Waals surface area contributed by atoms with Gasteiger partial charge >= 0.3 is 0 Å². The van der Waals surface area contributed by atoms with Gasteiger partial charge in [-0.1, -0.05) is 18.2 Å². The Bertz CT molecular complexity index is 1070. The molecule has 0 aliphatic heterocycles. The van der Waals surface area contributed by atoms with Crippen molar-refractivity contribution in [2.45, 2.75) is 11.8 Å². The molecule has 0 saturated carbocycles. The molecule has 156 valence electrons. The highest BCUT2D eigenvalue weighted by Crippen LogP contribution is 2.21. The van der Waals surface area contributed by atoms with Gasteiger partial charge in [0.1, 0.15) is 11.5 Å². The Morgan fingerprint density at radius 2 is 1.40 bits per heavy atom. The van der Waals surface area contributed by atoms with Crippen LogP contribution in [0, 0.1) is 0 Å². The minimum absolute atomic E-state index is 0.0810. The number of rotatable bonds is 9. The monoisotopic (exact) mass is 426 g/mol. The van der Waals surface area contributed by atoms with Crippen LogP contribution >= 0.6 is 0 Å². The fraction of sp³-hybridized carbons (Fsp3) is 0.136. The third-order valence-electron chi connectivity index (χ3n) is 3.98. The first-order chi connectivity index (χ1) is 14.5. The minimum atomic E-state index is -3.75. The largest absolute Gasteiger partial charge is 0.494 e. The molecule has 0 heterocycles. The molecule has 8 heteroatoms. The summed E-state index contributed by atoms with van der Waals surface area (Å²) in [4.78, 5) is 12.0. The Kier molecular flexibility index (Phi) is 6.92. The molecule has 7 nitrogen and oxygen atoms in total. The van der Waals surface area contributed by atoms with E-state index in [1.54, 1.807) is 36.4 Å². The van der Waals surface area contributed by atoms with E-state index in [1.807, 2.05) is 25.1 Å². The van der Waals surface area contributed by atoms with Gasteiger partial charge in [0.15, 0.2) is 6.61 Å². The molecular formula is C22H22N2O5S. The zero-order chi connectivity index (χ0) is 21.4. The number of nitrogens with one attached hydrogen (secondary N) is 2. The van der Waals surface area contributed by atoms with E-state index in [0.29, 0.717) is 29.5 Å². The standard InChI is InChI=1S/C22H22N2O5S/c1-2-28-19-10-8-18(9-11-19)24-30(26,27)21-14-12-20(13-15-21)29-16-22(25)23-17-6-4-3-5-7-17/h3-15,24H,2,16H2,1H3,(H,23,25). The second-order valence-corrected chi connectivity index (χ2v) is 7.92. The van der Waals surface area contributed by atoms with Crippen molar-refractivity contribution >= 4 is 27.3 Å². The fourth-order valence-electron chi connectivity index (χ4n) is 2.58. The van der Waals surface area contributed by atoms with E-state index < -0.39 is 10.0 Å². The first-order valence-corrected chi connectivity index (χ1v) is 10.8. The van der Waals surface area contributed by atoms with Crippen molar-refractivity contribution in [1.29, 1.82) is 0 Å². The number of amides is 1. The number of para-hydroxylation sites is 1. The zero-order valence-corrected chi connectivity index (χ0v) is 17.2. The van der Waals surface area contributed by atoms with Crippen LogP contribution in [-0.2, 0) is 14.8 Å². The van der Waals surface area contributed by atoms with E-state index in [2.05, 4.69) is 10.0 Å². The summed E-state index contributed by atoms with van der Waals surface area (Å²) < 4.78 is 38.4. The van der Waals surface area contributed by atoms with Crippen LogP contribution in [0.1, 0.15) is 6.92 Å². The smallest absolute Gasteiger partial charge is 0.262 e. The number of anilines is 2. The third kappa shape index (κ3) is 5.99. The Balaban J connectivity index is 1.56. The fourth-order valence-corrected chi connectivity index (χ4v) is 3.64. The second kappa shape index (κ2) is 9.80. The normalized spacial score (nSPS) is 10.8. The Labute approximate surface area is 175 Å². The number of carbonyl (C=O) groups is 1. The van der Waals surface area contributed by atoms with Gasteiger partial charge in [0.05, 0.1) is 11.5 Å². The second-order valence-electron chi connectivity index (χ2n) is 6.24. The van der Waals surface area contributed by atoms with Gasteiger partial charge in [-0.25, -0.2) is 8.42 Å². The lowest BCUT2D eigenvalue weighted by molar-refractivity contribution is -0.118. The molecule has 0 unspecified atom stereocenters. The molecule has 0 aromatic heterocycles. The highest BCUT2D eigenvalue weighted by molar-refractivity contribution is 7.92. The predicted octanol–water partition coefficient (Wildman–Crippen LogP) is 3.90. The summed E-state index contributed by atoms with van der Waals surface area (Å²) in [5, 5.41) is 2.71. The number of carbonyl (C=O) groups excluding carboxylic acids is 1. The lowest BCUT2D eigenvalue weighted by Crippen LogP contribution is -2.20. The highest BCUT2D eigenvalue weighted by atomic mass is 32.2. The average Bonchev–Trinajstić information content (AvgIpc) is 2.75. The molecule has 30 heavy (non-hydrogen) atoms. The van der Waals surface area contributed by atoms with E-state index in [9.17, 15) is 13.2 Å². The van der Waals surface area contributed by atoms with E-state index in [-0.39, 0.29) is 17.4 Å². The molecule has 0 aliphatic carbocycles. The van der Waals surface area contributed by atoms with Gasteiger partial charge in [0, 0.05) is 11.4 Å². The summed E-state index contributed by atoms with van der Waals surface area (Å²) in [6.45, 7) is 2.22.